The third-order valence-electron chi connectivity index (χ3n) is 1.88. The Balaban J connectivity index is -0.000000338. The van der Waals surface area contributed by atoms with Gasteiger partial charge < -0.3 is 14.3 Å². The number of non-ortho nitro benzene ring substituents is 1. The van der Waals surface area contributed by atoms with E-state index in [1.807, 2.05) is 13.6 Å². The topological polar surface area (TPSA) is 130 Å². The Kier molecular flexibility index (Phi) is 18.0. The Bertz CT molecular complexity index is 453. The average Bonchev–Trinajstić information content (AvgIpc) is 2.52. The summed E-state index contributed by atoms with van der Waals surface area (Å²) >= 11 is 0. The highest BCUT2D eigenvalue weighted by Crippen LogP contribution is 2.23. The lowest BCUT2D eigenvalue weighted by Gasteiger charge is -1.95. The molecule has 0 aliphatic heterocycles. The Morgan fingerprint density at radius 1 is 1.14 bits per heavy atom. The maximum absolute atomic E-state index is 10.9. The molecule has 1 aromatic rings. The van der Waals surface area contributed by atoms with E-state index >= 15 is 0 Å². The normalized spacial score (nSPS) is 7.95. The first-order valence-corrected chi connectivity index (χ1v) is 5.46. The fraction of sp³-hybridized carbons (Fsp3) is 0.333. The molecule has 0 aliphatic rings. The molecule has 0 heterocycles. The molecule has 0 spiro atoms. The van der Waals surface area contributed by atoms with Crippen molar-refractivity contribution in [3.8, 4) is 0 Å². The van der Waals surface area contributed by atoms with Crippen molar-refractivity contribution < 1.29 is 28.6 Å². The highest BCUT2D eigenvalue weighted by molar-refractivity contribution is 5.48. The maximum Gasteiger partial charge on any atom is 0.279 e. The van der Waals surface area contributed by atoms with Crippen LogP contribution in [0.25, 0.3) is 0 Å². The number of benzene rings is 1. The van der Waals surface area contributed by atoms with Crippen molar-refractivity contribution in [3.63, 3.8) is 0 Å². The summed E-state index contributed by atoms with van der Waals surface area (Å²) in [5.41, 5.74) is -0.0814. The first kappa shape index (κ1) is 24.3. The molecular weight excluding hydrogens is 303 g/mol. The first-order chi connectivity index (χ1) is 10.4. The number of ether oxygens (including phenoxy) is 1. The van der Waals surface area contributed by atoms with E-state index in [1.54, 1.807) is 0 Å². The monoisotopic (exact) mass is 320 g/mol. The summed E-state index contributed by atoms with van der Waals surface area (Å²) in [6.45, 7) is 5.37. The molecule has 10 heteroatoms. The maximum atomic E-state index is 10.9. The summed E-state index contributed by atoms with van der Waals surface area (Å²) in [7, 11) is 1.47. The molecule has 0 fully saturated rings. The molecule has 1 aromatic carbocycles. The lowest BCUT2D eigenvalue weighted by molar-refractivity contribution is -0.394. The van der Waals surface area contributed by atoms with E-state index in [-0.39, 0.29) is 24.7 Å². The molecule has 0 aliphatic carbocycles. The van der Waals surface area contributed by atoms with Crippen molar-refractivity contribution in [2.24, 2.45) is 0 Å². The average molecular weight is 320 g/mol. The Hall–Kier alpha value is -2.75. The molecule has 0 N–H and O–H groups in total. The molecular formula is C12H17FN2O7. The summed E-state index contributed by atoms with van der Waals surface area (Å²) in [6.07, 6.45) is 0. The number of nitro benzene ring substituents is 2. The summed E-state index contributed by atoms with van der Waals surface area (Å²) in [6, 6.07) is 3.55. The van der Waals surface area contributed by atoms with Crippen LogP contribution in [0.4, 0.5) is 15.8 Å². The molecule has 0 unspecified atom stereocenters. The van der Waals surface area contributed by atoms with Crippen molar-refractivity contribution in [2.75, 3.05) is 20.4 Å². The molecule has 0 saturated heterocycles. The van der Waals surface area contributed by atoms with E-state index in [2.05, 4.69) is 4.74 Å². The van der Waals surface area contributed by atoms with Crippen molar-refractivity contribution in [2.45, 2.75) is 6.92 Å². The van der Waals surface area contributed by atoms with Crippen LogP contribution < -0.4 is 0 Å². The van der Waals surface area contributed by atoms with Gasteiger partial charge in [0.05, 0.1) is 22.5 Å². The highest BCUT2D eigenvalue weighted by Gasteiger charge is 2.15. The van der Waals surface area contributed by atoms with Crippen LogP contribution in [0, 0.1) is 27.2 Å². The van der Waals surface area contributed by atoms with Gasteiger partial charge in [-0.05, 0) is 13.0 Å². The van der Waals surface area contributed by atoms with Crippen LogP contribution in [-0.2, 0) is 14.3 Å². The predicted molar refractivity (Wildman–Crippen MR) is 76.6 cm³/mol. The Labute approximate surface area is 126 Å². The smallest absolute Gasteiger partial charge is 0.279 e. The van der Waals surface area contributed by atoms with Crippen molar-refractivity contribution in [3.05, 3.63) is 44.0 Å². The fourth-order valence-corrected chi connectivity index (χ4v) is 0.985. The summed E-state index contributed by atoms with van der Waals surface area (Å²) in [5.74, 6) is 0. The van der Waals surface area contributed by atoms with Gasteiger partial charge in [-0.1, -0.05) is 0 Å². The third kappa shape index (κ3) is 11.1. The van der Waals surface area contributed by atoms with Gasteiger partial charge in [-0.15, -0.1) is 0 Å². The van der Waals surface area contributed by atoms with Gasteiger partial charge in [0.15, 0.2) is 0 Å². The first-order valence-electron chi connectivity index (χ1n) is 5.46. The minimum Gasteiger partial charge on any atom is -0.382 e. The van der Waals surface area contributed by atoms with E-state index in [0.29, 0.717) is 5.56 Å². The van der Waals surface area contributed by atoms with E-state index in [1.165, 1.54) is 26.2 Å². The number of alkyl halides is 1. The molecule has 9 nitrogen and oxygen atoms in total. The second kappa shape index (κ2) is 16.3. The zero-order valence-electron chi connectivity index (χ0n) is 12.2. The molecule has 0 atom stereocenters. The third-order valence-corrected chi connectivity index (χ3v) is 1.88. The molecule has 0 bridgehead atoms. The van der Waals surface area contributed by atoms with Crippen LogP contribution in [-0.4, -0.2) is 43.8 Å². The summed E-state index contributed by atoms with van der Waals surface area (Å²) in [5, 5.41) is 20.6. The molecule has 1 rings (SSSR count). The van der Waals surface area contributed by atoms with Crippen molar-refractivity contribution in [1.29, 1.82) is 0 Å². The van der Waals surface area contributed by atoms with Crippen LogP contribution in [0.15, 0.2) is 18.2 Å². The van der Waals surface area contributed by atoms with Crippen LogP contribution in [0.3, 0.4) is 0 Å². The second-order valence-corrected chi connectivity index (χ2v) is 3.17. The van der Waals surface area contributed by atoms with Gasteiger partial charge in [-0.25, -0.2) is 4.39 Å². The quantitative estimate of drug-likeness (QED) is 0.613. The van der Waals surface area contributed by atoms with Crippen molar-refractivity contribution in [1.82, 2.24) is 0 Å². The van der Waals surface area contributed by atoms with E-state index in [0.717, 1.165) is 6.07 Å². The molecule has 22 heavy (non-hydrogen) atoms. The number of hydrogen-bond donors (Lipinski definition) is 0. The molecule has 0 radical (unpaired) electrons. The second-order valence-electron chi connectivity index (χ2n) is 3.17. The van der Waals surface area contributed by atoms with Gasteiger partial charge in [0, 0.05) is 18.7 Å². The van der Waals surface area contributed by atoms with Gasteiger partial charge in [-0.2, -0.15) is 0 Å². The zero-order chi connectivity index (χ0) is 18.1. The van der Waals surface area contributed by atoms with Crippen LogP contribution in [0.5, 0.6) is 0 Å². The number of nitrogens with zero attached hydrogens (tertiary/aromatic N) is 2. The van der Waals surface area contributed by atoms with E-state index in [9.17, 15) is 24.6 Å². The lowest BCUT2D eigenvalue weighted by Crippen LogP contribution is -1.94. The largest absolute Gasteiger partial charge is 0.382 e. The molecule has 0 amide bonds. The standard InChI is InChI=1S/C7H6N2O4.C3H7FO.2CH2O/c1-5-2-3-6(8(10)11)4-7(5)9(12)13;1-5-3-2-4;2*1-2/h2-4H,1H3;2-3H2,1H3;2*1H2. The number of rotatable bonds is 4. The molecule has 0 aromatic heterocycles. The fourth-order valence-electron chi connectivity index (χ4n) is 0.985. The van der Waals surface area contributed by atoms with Gasteiger partial charge in [-0.3, -0.25) is 20.2 Å². The van der Waals surface area contributed by atoms with Gasteiger partial charge in [0.2, 0.25) is 0 Å². The molecule has 124 valence electrons. The summed E-state index contributed by atoms with van der Waals surface area (Å²) < 4.78 is 15.2. The van der Waals surface area contributed by atoms with Crippen LogP contribution in [0.2, 0.25) is 0 Å². The number of carbonyl (C=O) groups excluding carboxylic acids is 2. The Morgan fingerprint density at radius 3 is 1.91 bits per heavy atom. The minimum atomic E-state index is -0.660. The number of carbonyl (C=O) groups is 2. The number of aryl methyl sites for hydroxylation is 1. The highest BCUT2D eigenvalue weighted by atomic mass is 19.1. The van der Waals surface area contributed by atoms with Crippen LogP contribution in [0.1, 0.15) is 5.56 Å². The van der Waals surface area contributed by atoms with E-state index < -0.39 is 9.85 Å². The number of nitro groups is 2. The van der Waals surface area contributed by atoms with Crippen LogP contribution >= 0.6 is 0 Å². The minimum absolute atomic E-state index is 0.222. The van der Waals surface area contributed by atoms with Gasteiger partial charge in [0.1, 0.15) is 20.3 Å². The van der Waals surface area contributed by atoms with E-state index in [4.69, 9.17) is 9.59 Å². The lowest BCUT2D eigenvalue weighted by atomic mass is 10.2. The van der Waals surface area contributed by atoms with Gasteiger partial charge in [0.25, 0.3) is 11.4 Å². The molecule has 0 saturated carbocycles. The number of hydrogen-bond acceptors (Lipinski definition) is 7. The summed E-state index contributed by atoms with van der Waals surface area (Å²) in [4.78, 5) is 35.4. The predicted octanol–water partition coefficient (Wildman–Crippen LogP) is 2.04. The van der Waals surface area contributed by atoms with Gasteiger partial charge >= 0.3 is 0 Å². The van der Waals surface area contributed by atoms with Crippen molar-refractivity contribution >= 4 is 25.0 Å². The SMILES string of the molecule is C=O.C=O.COCCF.Cc1ccc([N+](=O)[O-])cc1[N+](=O)[O-]. The Morgan fingerprint density at radius 2 is 1.64 bits per heavy atom. The number of halogens is 1. The zero-order valence-corrected chi connectivity index (χ0v) is 12.2. The number of methoxy groups -OCH3 is 1.